The number of Topliss-reactive ketones (excluding diaryl/α,β-unsaturated/α-hetero) is 2. The lowest BCUT2D eigenvalue weighted by Gasteiger charge is -2.39. The molecule has 0 aliphatic rings. The Morgan fingerprint density at radius 1 is 0.278 bits per heavy atom. The lowest BCUT2D eigenvalue weighted by atomic mass is 9.89. The molecule has 0 atom stereocenters. The van der Waals surface area contributed by atoms with E-state index in [1.54, 1.807) is 0 Å². The Kier molecular flexibility index (Phi) is 10.9. The second kappa shape index (κ2) is 12.8. The molecule has 0 amide bonds. The molecule has 0 saturated carbocycles. The Morgan fingerprint density at radius 2 is 0.463 bits per heavy atom. The molecule has 0 spiro atoms. The quantitative estimate of drug-likeness (QED) is 0.114. The molecule has 306 valence electrons. The van der Waals surface area contributed by atoms with Crippen molar-refractivity contribution in [3.05, 3.63) is 70.8 Å². The first-order valence-corrected chi connectivity index (χ1v) is 12.7. The summed E-state index contributed by atoms with van der Waals surface area (Å²) in [6.45, 7) is 0. The normalized spacial score (nSPS) is 15.4. The van der Waals surface area contributed by atoms with Gasteiger partial charge in [0.2, 0.25) is 11.6 Å². The number of benzene rings is 2. The van der Waals surface area contributed by atoms with Crippen LogP contribution in [0.2, 0.25) is 0 Å². The highest BCUT2D eigenvalue weighted by Crippen LogP contribution is 2.63. The van der Waals surface area contributed by atoms with Crippen molar-refractivity contribution in [2.24, 2.45) is 0 Å². The molecule has 0 aromatic heterocycles. The summed E-state index contributed by atoms with van der Waals surface area (Å²) in [5.41, 5.74) is -8.00. The number of halogens is 26. The van der Waals surface area contributed by atoms with Crippen LogP contribution in [0.4, 0.5) is 114 Å². The minimum absolute atomic E-state index is 0.234. The van der Waals surface area contributed by atoms with Gasteiger partial charge in [0.25, 0.3) is 0 Å². The van der Waals surface area contributed by atoms with Gasteiger partial charge in [-0.25, -0.2) is 0 Å². The summed E-state index contributed by atoms with van der Waals surface area (Å²) >= 11 is 0. The second-order valence-electron chi connectivity index (χ2n) is 10.6. The molecular formula is C26H8F26O2. The zero-order chi connectivity index (χ0) is 43.1. The van der Waals surface area contributed by atoms with Crippen LogP contribution in [-0.2, 0) is 11.8 Å². The van der Waals surface area contributed by atoms with E-state index in [-0.39, 0.29) is 24.3 Å². The first-order chi connectivity index (χ1) is 23.5. The summed E-state index contributed by atoms with van der Waals surface area (Å²) in [7, 11) is 0. The Bertz CT molecular complexity index is 1590. The summed E-state index contributed by atoms with van der Waals surface area (Å²) in [6, 6.07) is -3.29. The Balaban J connectivity index is 2.45. The van der Waals surface area contributed by atoms with E-state index in [9.17, 15) is 124 Å². The highest BCUT2D eigenvalue weighted by Gasteiger charge is 2.92. The fraction of sp³-hybridized carbons (Fsp3) is 0.462. The van der Waals surface area contributed by atoms with E-state index in [1.165, 1.54) is 0 Å². The van der Waals surface area contributed by atoms with E-state index >= 15 is 0 Å². The van der Waals surface area contributed by atoms with Gasteiger partial charge in [-0.2, -0.15) is 114 Å². The van der Waals surface area contributed by atoms with Crippen molar-refractivity contribution in [1.29, 1.82) is 0 Å². The van der Waals surface area contributed by atoms with Crippen molar-refractivity contribution in [1.82, 2.24) is 0 Å². The molecule has 0 heterocycles. The lowest BCUT2D eigenvalue weighted by Crippen LogP contribution is -2.69. The highest BCUT2D eigenvalue weighted by molar-refractivity contribution is 6.49. The number of rotatable bonds is 13. The van der Waals surface area contributed by atoms with Crippen LogP contribution in [0.15, 0.2) is 48.5 Å². The van der Waals surface area contributed by atoms with Crippen LogP contribution in [0.25, 0.3) is 0 Å². The Labute approximate surface area is 278 Å². The SMILES string of the molecule is O=C(C(=O)c1ccc(C(F)(F)C(F)(F)C(F)(F)C(F)(F)C(F)(F)C(F)(F)F)cc1)c1ccc(C(F)(F)C(F)(F)C(F)(F)C(F)(F)C(F)(F)C(F)(F)F)cc1. The predicted octanol–water partition coefficient (Wildman–Crippen LogP) is 11.1. The maximum atomic E-state index is 14.3. The van der Waals surface area contributed by atoms with Crippen molar-refractivity contribution >= 4 is 11.6 Å². The minimum atomic E-state index is -8.27. The van der Waals surface area contributed by atoms with E-state index in [2.05, 4.69) is 0 Å². The average molecular weight is 846 g/mol. The molecule has 0 unspecified atom stereocenters. The van der Waals surface area contributed by atoms with E-state index in [0.29, 0.717) is 0 Å². The molecule has 54 heavy (non-hydrogen) atoms. The fourth-order valence-electron chi connectivity index (χ4n) is 3.83. The smallest absolute Gasteiger partial charge is 0.285 e. The molecule has 0 fully saturated rings. The number of ketones is 2. The van der Waals surface area contributed by atoms with Crippen molar-refractivity contribution in [3.8, 4) is 0 Å². The molecule has 0 radical (unpaired) electrons. The molecule has 2 nitrogen and oxygen atoms in total. The van der Waals surface area contributed by atoms with Gasteiger partial charge >= 0.3 is 71.6 Å². The van der Waals surface area contributed by atoms with E-state index < -0.39 is 130 Å². The fourth-order valence-corrected chi connectivity index (χ4v) is 3.83. The molecular weight excluding hydrogens is 838 g/mol. The summed E-state index contributed by atoms with van der Waals surface area (Å²) in [4.78, 5) is 24.7. The summed E-state index contributed by atoms with van der Waals surface area (Å²) in [6.07, 6.45) is -15.4. The molecule has 2 aromatic carbocycles. The Hall–Kier alpha value is -4.04. The van der Waals surface area contributed by atoms with E-state index in [0.717, 1.165) is 0 Å². The number of alkyl halides is 26. The van der Waals surface area contributed by atoms with Gasteiger partial charge in [-0.05, 0) is 0 Å². The molecule has 0 aliphatic carbocycles. The zero-order valence-corrected chi connectivity index (χ0v) is 24.3. The average Bonchev–Trinajstić information content (AvgIpc) is 3.02. The second-order valence-corrected chi connectivity index (χ2v) is 10.6. The van der Waals surface area contributed by atoms with Gasteiger partial charge in [-0.3, -0.25) is 9.59 Å². The Morgan fingerprint density at radius 3 is 0.648 bits per heavy atom. The molecule has 0 bridgehead atoms. The zero-order valence-electron chi connectivity index (χ0n) is 24.3. The summed E-state index contributed by atoms with van der Waals surface area (Å²) in [5, 5.41) is 0. The van der Waals surface area contributed by atoms with Gasteiger partial charge < -0.3 is 0 Å². The molecule has 2 aromatic rings. The maximum absolute atomic E-state index is 14.3. The van der Waals surface area contributed by atoms with Gasteiger partial charge in [-0.15, -0.1) is 0 Å². The van der Waals surface area contributed by atoms with Gasteiger partial charge in [0, 0.05) is 22.3 Å². The molecule has 0 saturated heterocycles. The van der Waals surface area contributed by atoms with Gasteiger partial charge in [-0.1, -0.05) is 48.5 Å². The maximum Gasteiger partial charge on any atom is 0.460 e. The number of carbonyl (C=O) groups excluding carboxylic acids is 2. The van der Waals surface area contributed by atoms with Crippen LogP contribution >= 0.6 is 0 Å². The van der Waals surface area contributed by atoms with Crippen LogP contribution in [0.5, 0.6) is 0 Å². The van der Waals surface area contributed by atoms with Crippen molar-refractivity contribution in [3.63, 3.8) is 0 Å². The highest BCUT2D eigenvalue weighted by atomic mass is 19.4. The molecule has 0 N–H and O–H groups in total. The van der Waals surface area contributed by atoms with Crippen molar-refractivity contribution in [2.45, 2.75) is 71.6 Å². The molecule has 0 aliphatic heterocycles. The summed E-state index contributed by atoms with van der Waals surface area (Å²) in [5.74, 6) is -82.6. The number of carbonyl (C=O) groups is 2. The monoisotopic (exact) mass is 846 g/mol. The van der Waals surface area contributed by atoms with Crippen molar-refractivity contribution in [2.75, 3.05) is 0 Å². The van der Waals surface area contributed by atoms with E-state index in [4.69, 9.17) is 0 Å². The van der Waals surface area contributed by atoms with Gasteiger partial charge in [0.15, 0.2) is 0 Å². The standard InChI is InChI=1S/C26H8F26O2/c27-15(28,17(31,32)19(35,36)21(39,40)23(43,44)25(47,48)49)11-5-1-9(2-6-11)13(53)14(54)10-3-7-12(8-4-10)16(29,30)18(33,34)20(37,38)22(41,42)24(45,46)26(50,51)52/h1-8H. The van der Waals surface area contributed by atoms with Crippen LogP contribution in [0.1, 0.15) is 31.8 Å². The van der Waals surface area contributed by atoms with Crippen molar-refractivity contribution < 1.29 is 124 Å². The topological polar surface area (TPSA) is 34.1 Å². The number of hydrogen-bond donors (Lipinski definition) is 0. The van der Waals surface area contributed by atoms with Crippen LogP contribution in [0.3, 0.4) is 0 Å². The first kappa shape index (κ1) is 46.1. The summed E-state index contributed by atoms with van der Waals surface area (Å²) < 4.78 is 348. The first-order valence-electron chi connectivity index (χ1n) is 12.7. The van der Waals surface area contributed by atoms with Gasteiger partial charge in [0.1, 0.15) is 0 Å². The van der Waals surface area contributed by atoms with Gasteiger partial charge in [0.05, 0.1) is 0 Å². The lowest BCUT2D eigenvalue weighted by molar-refractivity contribution is -0.441. The van der Waals surface area contributed by atoms with Crippen LogP contribution < -0.4 is 0 Å². The van der Waals surface area contributed by atoms with Crippen LogP contribution in [-0.4, -0.2) is 71.3 Å². The van der Waals surface area contributed by atoms with Crippen LogP contribution in [0, 0.1) is 0 Å². The van der Waals surface area contributed by atoms with E-state index in [1.807, 2.05) is 0 Å². The predicted molar refractivity (Wildman–Crippen MR) is 121 cm³/mol. The number of hydrogen-bond acceptors (Lipinski definition) is 2. The minimum Gasteiger partial charge on any atom is -0.285 e. The third kappa shape index (κ3) is 6.26. The third-order valence-corrected chi connectivity index (χ3v) is 7.09. The third-order valence-electron chi connectivity index (χ3n) is 7.09. The molecule has 28 heteroatoms. The molecule has 2 rings (SSSR count). The largest absolute Gasteiger partial charge is 0.460 e.